The molecular weight excluding hydrogens is 252 g/mol. The molecule has 0 aliphatic heterocycles. The van der Waals surface area contributed by atoms with Gasteiger partial charge >= 0.3 is 0 Å². The van der Waals surface area contributed by atoms with Crippen molar-refractivity contribution in [1.82, 2.24) is 15.0 Å². The second-order valence-electron chi connectivity index (χ2n) is 4.57. The molecule has 20 heavy (non-hydrogen) atoms. The Labute approximate surface area is 119 Å². The van der Waals surface area contributed by atoms with Crippen molar-refractivity contribution in [2.45, 2.75) is 32.7 Å². The van der Waals surface area contributed by atoms with Crippen LogP contribution in [0.2, 0.25) is 0 Å². The van der Waals surface area contributed by atoms with E-state index in [0.717, 1.165) is 30.0 Å². The summed E-state index contributed by atoms with van der Waals surface area (Å²) < 4.78 is 0. The number of aryl methyl sites for hydroxylation is 1. The lowest BCUT2D eigenvalue weighted by Gasteiger charge is -2.15. The van der Waals surface area contributed by atoms with Gasteiger partial charge in [0.15, 0.2) is 5.82 Å². The Morgan fingerprint density at radius 1 is 1.25 bits per heavy atom. The molecular formula is C15H20N4O. The fourth-order valence-corrected chi connectivity index (χ4v) is 1.85. The van der Waals surface area contributed by atoms with E-state index in [1.54, 1.807) is 6.20 Å². The topological polar surface area (TPSA) is 70.9 Å². The fourth-order valence-electron chi connectivity index (χ4n) is 1.85. The van der Waals surface area contributed by atoms with Crippen LogP contribution in [0.4, 0.5) is 5.82 Å². The second-order valence-corrected chi connectivity index (χ2v) is 4.57. The summed E-state index contributed by atoms with van der Waals surface area (Å²) >= 11 is 0. The third kappa shape index (κ3) is 3.51. The van der Waals surface area contributed by atoms with Crippen molar-refractivity contribution in [1.29, 1.82) is 0 Å². The largest absolute Gasteiger partial charge is 0.394 e. The van der Waals surface area contributed by atoms with Crippen LogP contribution >= 0.6 is 0 Å². The normalized spacial score (nSPS) is 12.2. The molecule has 2 rings (SSSR count). The summed E-state index contributed by atoms with van der Waals surface area (Å²) in [6, 6.07) is 7.60. The van der Waals surface area contributed by atoms with E-state index >= 15 is 0 Å². The first kappa shape index (κ1) is 14.4. The highest BCUT2D eigenvalue weighted by Gasteiger charge is 2.10. The lowest BCUT2D eigenvalue weighted by molar-refractivity contribution is 0.271. The van der Waals surface area contributed by atoms with Gasteiger partial charge in [0.25, 0.3) is 0 Å². The minimum Gasteiger partial charge on any atom is -0.394 e. The maximum absolute atomic E-state index is 9.28. The predicted molar refractivity (Wildman–Crippen MR) is 79.4 cm³/mol. The number of hydrogen-bond acceptors (Lipinski definition) is 5. The number of rotatable bonds is 6. The van der Waals surface area contributed by atoms with E-state index in [9.17, 15) is 5.11 Å². The maximum atomic E-state index is 9.28. The van der Waals surface area contributed by atoms with E-state index in [1.807, 2.05) is 31.2 Å². The monoisotopic (exact) mass is 272 g/mol. The molecule has 0 saturated heterocycles. The van der Waals surface area contributed by atoms with E-state index in [-0.39, 0.29) is 12.6 Å². The van der Waals surface area contributed by atoms with Crippen molar-refractivity contribution in [3.8, 4) is 11.5 Å². The minimum absolute atomic E-state index is 0.00573. The molecule has 0 bridgehead atoms. The van der Waals surface area contributed by atoms with Gasteiger partial charge in [-0.05, 0) is 25.0 Å². The van der Waals surface area contributed by atoms with Crippen LogP contribution in [0.15, 0.2) is 30.5 Å². The van der Waals surface area contributed by atoms with Crippen LogP contribution in [-0.2, 0) is 6.42 Å². The Bertz CT molecular complexity index is 541. The molecule has 2 heterocycles. The van der Waals surface area contributed by atoms with Crippen LogP contribution in [0.1, 0.15) is 26.0 Å². The van der Waals surface area contributed by atoms with E-state index < -0.39 is 0 Å². The van der Waals surface area contributed by atoms with Crippen molar-refractivity contribution < 1.29 is 5.11 Å². The summed E-state index contributed by atoms with van der Waals surface area (Å²) in [5, 5.41) is 12.5. The summed E-state index contributed by atoms with van der Waals surface area (Å²) in [7, 11) is 0. The molecule has 0 unspecified atom stereocenters. The lowest BCUT2D eigenvalue weighted by atomic mass is 10.2. The zero-order valence-corrected chi connectivity index (χ0v) is 11.9. The Kier molecular flexibility index (Phi) is 5.01. The summed E-state index contributed by atoms with van der Waals surface area (Å²) in [4.78, 5) is 13.3. The Morgan fingerprint density at radius 2 is 2.10 bits per heavy atom. The van der Waals surface area contributed by atoms with Crippen molar-refractivity contribution >= 4 is 5.82 Å². The van der Waals surface area contributed by atoms with Crippen LogP contribution in [0, 0.1) is 0 Å². The van der Waals surface area contributed by atoms with Gasteiger partial charge in [0.2, 0.25) is 0 Å². The third-order valence-electron chi connectivity index (χ3n) is 3.10. The number of pyridine rings is 1. The summed E-state index contributed by atoms with van der Waals surface area (Å²) in [6.45, 7) is 4.16. The van der Waals surface area contributed by atoms with Gasteiger partial charge in [-0.15, -0.1) is 0 Å². The highest BCUT2D eigenvalue weighted by Crippen LogP contribution is 2.17. The number of nitrogens with zero attached hydrogens (tertiary/aromatic N) is 3. The average molecular weight is 272 g/mol. The first-order valence-electron chi connectivity index (χ1n) is 6.93. The number of nitrogens with one attached hydrogen (secondary N) is 1. The fraction of sp³-hybridized carbons (Fsp3) is 0.400. The van der Waals surface area contributed by atoms with Crippen molar-refractivity contribution in [2.24, 2.45) is 0 Å². The number of hydrogen-bond donors (Lipinski definition) is 2. The smallest absolute Gasteiger partial charge is 0.180 e. The van der Waals surface area contributed by atoms with Crippen LogP contribution in [-0.4, -0.2) is 32.7 Å². The molecule has 1 atom stereocenters. The van der Waals surface area contributed by atoms with E-state index in [4.69, 9.17) is 0 Å². The molecule has 106 valence electrons. The summed E-state index contributed by atoms with van der Waals surface area (Å²) in [6.07, 6.45) is 3.39. The van der Waals surface area contributed by atoms with Crippen molar-refractivity contribution in [2.75, 3.05) is 11.9 Å². The van der Waals surface area contributed by atoms with Gasteiger partial charge in [-0.2, -0.15) is 0 Å². The van der Waals surface area contributed by atoms with E-state index in [2.05, 4.69) is 27.2 Å². The van der Waals surface area contributed by atoms with Gasteiger partial charge in [0, 0.05) is 18.0 Å². The van der Waals surface area contributed by atoms with Crippen molar-refractivity contribution in [3.05, 3.63) is 36.2 Å². The van der Waals surface area contributed by atoms with Crippen LogP contribution < -0.4 is 5.32 Å². The zero-order chi connectivity index (χ0) is 14.4. The van der Waals surface area contributed by atoms with Crippen LogP contribution in [0.3, 0.4) is 0 Å². The molecule has 5 nitrogen and oxygen atoms in total. The average Bonchev–Trinajstić information content (AvgIpc) is 2.53. The maximum Gasteiger partial charge on any atom is 0.180 e. The molecule has 0 spiro atoms. The van der Waals surface area contributed by atoms with E-state index in [1.165, 1.54) is 0 Å². The highest BCUT2D eigenvalue weighted by molar-refractivity contribution is 5.53. The quantitative estimate of drug-likeness (QED) is 0.844. The van der Waals surface area contributed by atoms with Crippen LogP contribution in [0.25, 0.3) is 11.5 Å². The number of aliphatic hydroxyl groups is 1. The minimum atomic E-state index is 0.00573. The first-order chi connectivity index (χ1) is 9.76. The zero-order valence-electron chi connectivity index (χ0n) is 11.9. The lowest BCUT2D eigenvalue weighted by Crippen LogP contribution is -2.23. The van der Waals surface area contributed by atoms with Gasteiger partial charge in [0.1, 0.15) is 11.5 Å². The number of aliphatic hydroxyl groups excluding tert-OH is 1. The molecule has 0 radical (unpaired) electrons. The predicted octanol–water partition coefficient (Wildman–Crippen LogP) is 2.28. The van der Waals surface area contributed by atoms with Gasteiger partial charge < -0.3 is 10.4 Å². The van der Waals surface area contributed by atoms with Crippen LogP contribution in [0.5, 0.6) is 0 Å². The standard InChI is InChI=1S/C15H20N4O/c1-3-11-9-14(17-12(4-2)10-20)19-15(18-11)13-7-5-6-8-16-13/h5-9,12,20H,3-4,10H2,1-2H3,(H,17,18,19)/t12-/m1/s1. The molecule has 0 aromatic carbocycles. The second kappa shape index (κ2) is 6.96. The van der Waals surface area contributed by atoms with Gasteiger partial charge in [0.05, 0.1) is 12.6 Å². The van der Waals surface area contributed by atoms with E-state index in [0.29, 0.717) is 5.82 Å². The van der Waals surface area contributed by atoms with Gasteiger partial charge in [-0.1, -0.05) is 19.9 Å². The molecule has 0 aliphatic rings. The molecule has 0 aliphatic carbocycles. The van der Waals surface area contributed by atoms with Gasteiger partial charge in [-0.3, -0.25) is 4.98 Å². The molecule has 0 fully saturated rings. The molecule has 2 aromatic heterocycles. The molecule has 0 amide bonds. The molecule has 2 N–H and O–H groups in total. The van der Waals surface area contributed by atoms with Crippen molar-refractivity contribution in [3.63, 3.8) is 0 Å². The Morgan fingerprint density at radius 3 is 2.70 bits per heavy atom. The molecule has 5 heteroatoms. The molecule has 2 aromatic rings. The SMILES string of the molecule is CCc1cc(N[C@H](CC)CO)nc(-c2ccccn2)n1. The van der Waals surface area contributed by atoms with Gasteiger partial charge in [-0.25, -0.2) is 9.97 Å². The summed E-state index contributed by atoms with van der Waals surface area (Å²) in [5.41, 5.74) is 1.71. The number of anilines is 1. The third-order valence-corrected chi connectivity index (χ3v) is 3.10. The molecule has 0 saturated carbocycles. The highest BCUT2D eigenvalue weighted by atomic mass is 16.3. The Hall–Kier alpha value is -2.01. The first-order valence-corrected chi connectivity index (χ1v) is 6.93. The summed E-state index contributed by atoms with van der Waals surface area (Å²) in [5.74, 6) is 1.35. The Balaban J connectivity index is 2.34. The number of aromatic nitrogens is 3.